The van der Waals surface area contributed by atoms with Gasteiger partial charge in [-0.25, -0.2) is 14.2 Å². The van der Waals surface area contributed by atoms with Gasteiger partial charge in [0.05, 0.1) is 33.4 Å². The number of nitro groups is 1. The molecule has 0 bridgehead atoms. The Kier molecular flexibility index (Phi) is 6.94. The van der Waals surface area contributed by atoms with Gasteiger partial charge in [0.2, 0.25) is 0 Å². The number of fused-ring (bicyclic) bond motifs is 1. The number of benzene rings is 2. The normalized spacial score (nSPS) is 17.4. The van der Waals surface area contributed by atoms with E-state index < -0.39 is 28.3 Å². The van der Waals surface area contributed by atoms with Gasteiger partial charge in [-0.1, -0.05) is 23.5 Å². The topological polar surface area (TPSA) is 107 Å². The Morgan fingerprint density at radius 3 is 2.61 bits per heavy atom. The fourth-order valence-corrected chi connectivity index (χ4v) is 5.95. The van der Waals surface area contributed by atoms with Gasteiger partial charge < -0.3 is 9.64 Å². The lowest BCUT2D eigenvalue weighted by Crippen LogP contribution is -2.40. The van der Waals surface area contributed by atoms with Gasteiger partial charge in [-0.15, -0.1) is 0 Å². The second kappa shape index (κ2) is 10.3. The Hall–Kier alpha value is -4.12. The number of carbonyl (C=O) groups excluding carboxylic acids is 1. The molecule has 11 heteroatoms. The van der Waals surface area contributed by atoms with Crippen LogP contribution in [0.3, 0.4) is 0 Å². The summed E-state index contributed by atoms with van der Waals surface area (Å²) in [6.07, 6.45) is 3.69. The van der Waals surface area contributed by atoms with Gasteiger partial charge in [0.15, 0.2) is 4.80 Å². The summed E-state index contributed by atoms with van der Waals surface area (Å²) in [6, 6.07) is 9.40. The Morgan fingerprint density at radius 2 is 1.95 bits per heavy atom. The van der Waals surface area contributed by atoms with Gasteiger partial charge in [0.1, 0.15) is 5.82 Å². The molecule has 0 aliphatic carbocycles. The Bertz CT molecular complexity index is 1630. The lowest BCUT2D eigenvalue weighted by molar-refractivity contribution is -0.384. The van der Waals surface area contributed by atoms with E-state index >= 15 is 0 Å². The van der Waals surface area contributed by atoms with Crippen LogP contribution in [0, 0.1) is 15.9 Å². The molecule has 0 N–H and O–H groups in total. The van der Waals surface area contributed by atoms with Crippen LogP contribution in [0.4, 0.5) is 15.8 Å². The molecule has 0 saturated carbocycles. The highest BCUT2D eigenvalue weighted by atomic mass is 32.1. The molecule has 2 aliphatic rings. The number of aromatic nitrogens is 1. The number of esters is 1. The zero-order valence-corrected chi connectivity index (χ0v) is 21.7. The molecule has 1 atom stereocenters. The van der Waals surface area contributed by atoms with E-state index in [9.17, 15) is 24.1 Å². The summed E-state index contributed by atoms with van der Waals surface area (Å²) in [7, 11) is 0. The first kappa shape index (κ1) is 25.5. The zero-order valence-electron chi connectivity index (χ0n) is 20.8. The van der Waals surface area contributed by atoms with Crippen molar-refractivity contribution in [2.24, 2.45) is 4.99 Å². The van der Waals surface area contributed by atoms with Crippen molar-refractivity contribution < 1.29 is 18.8 Å². The Morgan fingerprint density at radius 1 is 1.24 bits per heavy atom. The first-order chi connectivity index (χ1) is 18.3. The van der Waals surface area contributed by atoms with Gasteiger partial charge >= 0.3 is 5.97 Å². The van der Waals surface area contributed by atoms with E-state index in [4.69, 9.17) is 4.74 Å². The molecule has 1 fully saturated rings. The van der Waals surface area contributed by atoms with Crippen molar-refractivity contribution in [3.63, 3.8) is 0 Å². The fourth-order valence-electron chi connectivity index (χ4n) is 4.91. The molecule has 2 aliphatic heterocycles. The van der Waals surface area contributed by atoms with Crippen LogP contribution < -0.4 is 19.8 Å². The SMILES string of the molecule is CCOC(=O)C1=C(C)N=c2sc(=Cc3cc([N+](=O)[O-])ccc3N3CCCC3)c(=O)n2[C@@H]1c1ccc(F)cc1. The number of nitro benzene ring substituents is 1. The molecule has 196 valence electrons. The minimum absolute atomic E-state index is 0.0726. The first-order valence-electron chi connectivity index (χ1n) is 12.3. The second-order valence-corrected chi connectivity index (χ2v) is 10.1. The predicted molar refractivity (Wildman–Crippen MR) is 141 cm³/mol. The molecule has 38 heavy (non-hydrogen) atoms. The maximum Gasteiger partial charge on any atom is 0.338 e. The molecule has 0 amide bonds. The van der Waals surface area contributed by atoms with Crippen LogP contribution in [-0.4, -0.2) is 35.2 Å². The molecule has 1 aromatic heterocycles. The van der Waals surface area contributed by atoms with E-state index in [1.807, 2.05) is 0 Å². The molecule has 0 spiro atoms. The Labute approximate surface area is 221 Å². The number of nitrogens with zero attached hydrogens (tertiary/aromatic N) is 4. The van der Waals surface area contributed by atoms with Gasteiger partial charge in [0, 0.05) is 36.5 Å². The highest BCUT2D eigenvalue weighted by Crippen LogP contribution is 2.31. The maximum absolute atomic E-state index is 13.8. The average Bonchev–Trinajstić information content (AvgIpc) is 3.52. The third-order valence-electron chi connectivity index (χ3n) is 6.66. The standard InChI is InChI=1S/C27H25FN4O5S/c1-3-37-26(34)23-16(2)29-27-31(24(23)17-6-8-19(28)9-7-17)25(33)22(38-27)15-18-14-20(32(35)36)10-11-21(18)30-12-4-5-13-30/h6-11,14-15,24H,3-5,12-13H2,1-2H3/t24-/m1/s1. The van der Waals surface area contributed by atoms with Crippen LogP contribution in [0.25, 0.3) is 6.08 Å². The fraction of sp³-hybridized carbons (Fsp3) is 0.296. The monoisotopic (exact) mass is 536 g/mol. The first-order valence-corrected chi connectivity index (χ1v) is 13.1. The molecule has 1 saturated heterocycles. The number of hydrogen-bond donors (Lipinski definition) is 0. The van der Waals surface area contributed by atoms with Gasteiger partial charge in [-0.3, -0.25) is 19.5 Å². The summed E-state index contributed by atoms with van der Waals surface area (Å²) < 4.78 is 20.7. The number of hydrogen-bond acceptors (Lipinski definition) is 8. The number of thiazole rings is 1. The minimum Gasteiger partial charge on any atom is -0.463 e. The summed E-state index contributed by atoms with van der Waals surface area (Å²) >= 11 is 1.13. The number of anilines is 1. The summed E-state index contributed by atoms with van der Waals surface area (Å²) in [5.41, 5.74) is 2.03. The van der Waals surface area contributed by atoms with E-state index in [-0.39, 0.29) is 17.9 Å². The number of halogens is 1. The van der Waals surface area contributed by atoms with E-state index in [2.05, 4.69) is 9.89 Å². The van der Waals surface area contributed by atoms with Crippen molar-refractivity contribution in [1.82, 2.24) is 4.57 Å². The largest absolute Gasteiger partial charge is 0.463 e. The highest BCUT2D eigenvalue weighted by Gasteiger charge is 2.33. The number of ether oxygens (including phenoxy) is 1. The number of carbonyl (C=O) groups is 1. The van der Waals surface area contributed by atoms with Gasteiger partial charge in [-0.05, 0) is 56.5 Å². The summed E-state index contributed by atoms with van der Waals surface area (Å²) in [4.78, 5) is 44.9. The molecule has 3 heterocycles. The second-order valence-electron chi connectivity index (χ2n) is 9.05. The molecule has 9 nitrogen and oxygen atoms in total. The highest BCUT2D eigenvalue weighted by molar-refractivity contribution is 7.07. The van der Waals surface area contributed by atoms with Crippen LogP contribution in [0.15, 0.2) is 63.5 Å². The smallest absolute Gasteiger partial charge is 0.338 e. The quantitative estimate of drug-likeness (QED) is 0.271. The van der Waals surface area contributed by atoms with Crippen LogP contribution in [0.2, 0.25) is 0 Å². The summed E-state index contributed by atoms with van der Waals surface area (Å²) in [5, 5.41) is 11.5. The van der Waals surface area contributed by atoms with Crippen molar-refractivity contribution >= 4 is 34.8 Å². The van der Waals surface area contributed by atoms with Gasteiger partial charge in [0.25, 0.3) is 11.2 Å². The molecule has 0 radical (unpaired) electrons. The third kappa shape index (κ3) is 4.65. The predicted octanol–water partition coefficient (Wildman–Crippen LogP) is 3.45. The van der Waals surface area contributed by atoms with E-state index in [0.29, 0.717) is 26.2 Å². The lowest BCUT2D eigenvalue weighted by Gasteiger charge is -2.24. The van der Waals surface area contributed by atoms with Crippen LogP contribution in [-0.2, 0) is 9.53 Å². The van der Waals surface area contributed by atoms with E-state index in [0.717, 1.165) is 43.0 Å². The van der Waals surface area contributed by atoms with E-state index in [1.54, 1.807) is 26.0 Å². The average molecular weight is 537 g/mol. The minimum atomic E-state index is -0.865. The maximum atomic E-state index is 13.8. The van der Waals surface area contributed by atoms with Crippen molar-refractivity contribution in [3.8, 4) is 0 Å². The lowest BCUT2D eigenvalue weighted by atomic mass is 9.96. The van der Waals surface area contributed by atoms with Crippen LogP contribution >= 0.6 is 11.3 Å². The molecular formula is C27H25FN4O5S. The van der Waals surface area contributed by atoms with Crippen molar-refractivity contribution in [1.29, 1.82) is 0 Å². The molecule has 2 aromatic carbocycles. The molecule has 5 rings (SSSR count). The van der Waals surface area contributed by atoms with Crippen molar-refractivity contribution in [3.05, 3.63) is 100 Å². The molecule has 0 unspecified atom stereocenters. The van der Waals surface area contributed by atoms with Crippen LogP contribution in [0.1, 0.15) is 43.9 Å². The molecule has 3 aromatic rings. The molecular weight excluding hydrogens is 511 g/mol. The van der Waals surface area contributed by atoms with Crippen LogP contribution in [0.5, 0.6) is 0 Å². The number of non-ortho nitro benzene ring substituents is 1. The number of allylic oxidation sites excluding steroid dienone is 1. The zero-order chi connectivity index (χ0) is 27.0. The third-order valence-corrected chi connectivity index (χ3v) is 7.64. The summed E-state index contributed by atoms with van der Waals surface area (Å²) in [6.45, 7) is 5.15. The van der Waals surface area contributed by atoms with Crippen molar-refractivity contribution in [2.45, 2.75) is 32.7 Å². The summed E-state index contributed by atoms with van der Waals surface area (Å²) in [5.74, 6) is -1.05. The Balaban J connectivity index is 1.72. The van der Waals surface area contributed by atoms with E-state index in [1.165, 1.54) is 41.0 Å². The van der Waals surface area contributed by atoms with Gasteiger partial charge in [-0.2, -0.15) is 0 Å². The van der Waals surface area contributed by atoms with Crippen molar-refractivity contribution in [2.75, 3.05) is 24.6 Å². The number of rotatable bonds is 6.